The summed E-state index contributed by atoms with van der Waals surface area (Å²) in [5.74, 6) is 0.182. The Morgan fingerprint density at radius 2 is 2.44 bits per heavy atom. The normalized spacial score (nSPS) is 14.9. The molecule has 18 heavy (non-hydrogen) atoms. The van der Waals surface area contributed by atoms with Gasteiger partial charge in [0.15, 0.2) is 0 Å². The van der Waals surface area contributed by atoms with Crippen molar-refractivity contribution in [3.63, 3.8) is 0 Å². The van der Waals surface area contributed by atoms with Crippen LogP contribution in [0.25, 0.3) is 0 Å². The number of nitrogens with one attached hydrogen (secondary N) is 2. The first-order valence-corrected chi connectivity index (χ1v) is 5.52. The highest BCUT2D eigenvalue weighted by Gasteiger charge is 2.21. The molecule has 1 aliphatic heterocycles. The standard InChI is InChI=1S/C11H14N4O3/c1-18-10-8(3-2-4-13-10)14-11(17)15-6-5-12-9(16)7-15/h2-4H,5-7H2,1H3,(H,12,16)(H,14,17). The van der Waals surface area contributed by atoms with Crippen molar-refractivity contribution in [1.29, 1.82) is 0 Å². The molecule has 1 aromatic rings. The molecule has 0 atom stereocenters. The lowest BCUT2D eigenvalue weighted by Crippen LogP contribution is -2.51. The number of piperazine rings is 1. The van der Waals surface area contributed by atoms with E-state index in [0.717, 1.165) is 0 Å². The summed E-state index contributed by atoms with van der Waals surface area (Å²) in [6, 6.07) is 3.05. The summed E-state index contributed by atoms with van der Waals surface area (Å²) in [4.78, 5) is 28.5. The highest BCUT2D eigenvalue weighted by molar-refractivity contribution is 5.93. The number of urea groups is 1. The van der Waals surface area contributed by atoms with E-state index < -0.39 is 0 Å². The van der Waals surface area contributed by atoms with Crippen molar-refractivity contribution in [3.05, 3.63) is 18.3 Å². The second-order valence-electron chi connectivity index (χ2n) is 3.76. The summed E-state index contributed by atoms with van der Waals surface area (Å²) in [5, 5.41) is 5.33. The predicted octanol–water partition coefficient (Wildman–Crippen LogP) is 0.0539. The van der Waals surface area contributed by atoms with Gasteiger partial charge in [-0.1, -0.05) is 0 Å². The van der Waals surface area contributed by atoms with Gasteiger partial charge in [0.1, 0.15) is 12.2 Å². The Bertz CT molecular complexity index is 463. The number of anilines is 1. The quantitative estimate of drug-likeness (QED) is 0.777. The van der Waals surface area contributed by atoms with E-state index in [2.05, 4.69) is 15.6 Å². The van der Waals surface area contributed by atoms with Crippen LogP contribution >= 0.6 is 0 Å². The molecule has 2 rings (SSSR count). The van der Waals surface area contributed by atoms with Crippen LogP contribution in [0, 0.1) is 0 Å². The lowest BCUT2D eigenvalue weighted by Gasteiger charge is -2.26. The number of nitrogens with zero attached hydrogens (tertiary/aromatic N) is 2. The van der Waals surface area contributed by atoms with Gasteiger partial charge in [0.05, 0.1) is 7.11 Å². The van der Waals surface area contributed by atoms with E-state index in [0.29, 0.717) is 24.7 Å². The Balaban J connectivity index is 2.04. The van der Waals surface area contributed by atoms with Crippen molar-refractivity contribution in [1.82, 2.24) is 15.2 Å². The number of pyridine rings is 1. The summed E-state index contributed by atoms with van der Waals surface area (Å²) >= 11 is 0. The number of carbonyl (C=O) groups excluding carboxylic acids is 2. The van der Waals surface area contributed by atoms with Crippen molar-refractivity contribution < 1.29 is 14.3 Å². The summed E-state index contributed by atoms with van der Waals surface area (Å²) in [6.07, 6.45) is 1.57. The third-order valence-corrected chi connectivity index (χ3v) is 2.53. The van der Waals surface area contributed by atoms with Crippen LogP contribution in [0.15, 0.2) is 18.3 Å². The van der Waals surface area contributed by atoms with E-state index in [4.69, 9.17) is 4.74 Å². The van der Waals surface area contributed by atoms with E-state index >= 15 is 0 Å². The van der Waals surface area contributed by atoms with Crippen LogP contribution in [0.4, 0.5) is 10.5 Å². The molecule has 1 saturated heterocycles. The smallest absolute Gasteiger partial charge is 0.322 e. The minimum absolute atomic E-state index is 0.0639. The monoisotopic (exact) mass is 250 g/mol. The van der Waals surface area contributed by atoms with Crippen LogP contribution in [0.5, 0.6) is 5.88 Å². The Labute approximate surface area is 104 Å². The molecular weight excluding hydrogens is 236 g/mol. The third kappa shape index (κ3) is 2.68. The minimum atomic E-state index is -0.337. The summed E-state index contributed by atoms with van der Waals surface area (Å²) < 4.78 is 5.03. The maximum Gasteiger partial charge on any atom is 0.322 e. The zero-order valence-corrected chi connectivity index (χ0v) is 9.97. The molecule has 0 aliphatic carbocycles. The van der Waals surface area contributed by atoms with Crippen molar-refractivity contribution >= 4 is 17.6 Å². The molecule has 2 heterocycles. The molecule has 7 nitrogen and oxygen atoms in total. The van der Waals surface area contributed by atoms with Gasteiger partial charge in [-0.3, -0.25) is 4.79 Å². The largest absolute Gasteiger partial charge is 0.480 e. The molecule has 96 valence electrons. The van der Waals surface area contributed by atoms with E-state index in [-0.39, 0.29) is 18.5 Å². The van der Waals surface area contributed by atoms with Crippen molar-refractivity contribution in [2.24, 2.45) is 0 Å². The van der Waals surface area contributed by atoms with Gasteiger partial charge in [-0.05, 0) is 12.1 Å². The van der Waals surface area contributed by atoms with Gasteiger partial charge in [-0.15, -0.1) is 0 Å². The number of aromatic nitrogens is 1. The molecule has 7 heteroatoms. The second-order valence-corrected chi connectivity index (χ2v) is 3.76. The molecule has 1 aromatic heterocycles. The van der Waals surface area contributed by atoms with Crippen LogP contribution in [0.3, 0.4) is 0 Å². The summed E-state index contributed by atoms with van der Waals surface area (Å²) in [6.45, 7) is 1.02. The van der Waals surface area contributed by atoms with Gasteiger partial charge in [0.25, 0.3) is 0 Å². The Kier molecular flexibility index (Phi) is 3.61. The van der Waals surface area contributed by atoms with Crippen LogP contribution in [-0.4, -0.2) is 48.6 Å². The van der Waals surface area contributed by atoms with Crippen LogP contribution < -0.4 is 15.4 Å². The highest BCUT2D eigenvalue weighted by Crippen LogP contribution is 2.20. The highest BCUT2D eigenvalue weighted by atomic mass is 16.5. The SMILES string of the molecule is COc1ncccc1NC(=O)N1CCNC(=O)C1. The van der Waals surface area contributed by atoms with E-state index in [1.807, 2.05) is 0 Å². The van der Waals surface area contributed by atoms with E-state index in [9.17, 15) is 9.59 Å². The van der Waals surface area contributed by atoms with Gasteiger partial charge in [-0.2, -0.15) is 0 Å². The third-order valence-electron chi connectivity index (χ3n) is 2.53. The molecule has 0 spiro atoms. The molecule has 3 amide bonds. The van der Waals surface area contributed by atoms with Crippen LogP contribution in [-0.2, 0) is 4.79 Å². The number of amides is 3. The lowest BCUT2D eigenvalue weighted by molar-refractivity contribution is -0.123. The topological polar surface area (TPSA) is 83.6 Å². The van der Waals surface area contributed by atoms with Crippen molar-refractivity contribution in [3.8, 4) is 5.88 Å². The zero-order valence-electron chi connectivity index (χ0n) is 9.97. The molecule has 2 N–H and O–H groups in total. The Morgan fingerprint density at radius 1 is 1.61 bits per heavy atom. The van der Waals surface area contributed by atoms with Crippen molar-refractivity contribution in [2.75, 3.05) is 32.1 Å². The van der Waals surface area contributed by atoms with E-state index in [1.165, 1.54) is 12.0 Å². The molecule has 1 fully saturated rings. The average molecular weight is 250 g/mol. The summed E-state index contributed by atoms with van der Waals surface area (Å²) in [7, 11) is 1.48. The Morgan fingerprint density at radius 3 is 3.17 bits per heavy atom. The van der Waals surface area contributed by atoms with E-state index in [1.54, 1.807) is 18.3 Å². The van der Waals surface area contributed by atoms with Gasteiger partial charge >= 0.3 is 6.03 Å². The lowest BCUT2D eigenvalue weighted by atomic mass is 10.3. The predicted molar refractivity (Wildman–Crippen MR) is 64.4 cm³/mol. The maximum atomic E-state index is 11.9. The first-order chi connectivity index (χ1) is 8.70. The molecule has 0 bridgehead atoms. The number of ether oxygens (including phenoxy) is 1. The minimum Gasteiger partial charge on any atom is -0.480 e. The van der Waals surface area contributed by atoms with Gasteiger partial charge < -0.3 is 20.3 Å². The number of hydrogen-bond acceptors (Lipinski definition) is 4. The number of methoxy groups -OCH3 is 1. The van der Waals surface area contributed by atoms with Gasteiger partial charge in [0, 0.05) is 19.3 Å². The maximum absolute atomic E-state index is 11.9. The summed E-state index contributed by atoms with van der Waals surface area (Å²) in [5.41, 5.74) is 0.482. The molecular formula is C11H14N4O3. The fourth-order valence-electron chi connectivity index (χ4n) is 1.65. The van der Waals surface area contributed by atoms with Gasteiger partial charge in [0.2, 0.25) is 11.8 Å². The number of rotatable bonds is 2. The van der Waals surface area contributed by atoms with Crippen LogP contribution in [0.2, 0.25) is 0 Å². The van der Waals surface area contributed by atoms with Crippen molar-refractivity contribution in [2.45, 2.75) is 0 Å². The zero-order chi connectivity index (χ0) is 13.0. The van der Waals surface area contributed by atoms with Gasteiger partial charge in [-0.25, -0.2) is 9.78 Å². The molecule has 1 aliphatic rings. The Hall–Kier alpha value is -2.31. The fourth-order valence-corrected chi connectivity index (χ4v) is 1.65. The molecule has 0 aromatic carbocycles. The average Bonchev–Trinajstić information content (AvgIpc) is 2.39. The molecule has 0 unspecified atom stereocenters. The number of carbonyl (C=O) groups is 2. The first kappa shape index (κ1) is 12.2. The van der Waals surface area contributed by atoms with Crippen LogP contribution in [0.1, 0.15) is 0 Å². The fraction of sp³-hybridized carbons (Fsp3) is 0.364. The molecule has 0 radical (unpaired) electrons. The second kappa shape index (κ2) is 5.35. The molecule has 0 saturated carbocycles. The first-order valence-electron chi connectivity index (χ1n) is 5.52. The number of hydrogen-bond donors (Lipinski definition) is 2.